The van der Waals surface area contributed by atoms with Crippen LogP contribution in [0.5, 0.6) is 0 Å². The first kappa shape index (κ1) is 18.5. The van der Waals surface area contributed by atoms with Crippen molar-refractivity contribution in [3.05, 3.63) is 0 Å². The summed E-state index contributed by atoms with van der Waals surface area (Å²) in [6.45, 7) is 5.59. The van der Waals surface area contributed by atoms with Crippen LogP contribution in [-0.4, -0.2) is 37.0 Å². The van der Waals surface area contributed by atoms with Crippen LogP contribution in [0.2, 0.25) is 0 Å². The molecule has 0 bridgehead atoms. The van der Waals surface area contributed by atoms with E-state index in [9.17, 15) is 9.59 Å². The minimum Gasteiger partial charge on any atom is -0.353 e. The second kappa shape index (κ2) is 7.39. The van der Waals surface area contributed by atoms with Gasteiger partial charge in [-0.1, -0.05) is 0 Å². The lowest BCUT2D eigenvalue weighted by molar-refractivity contribution is -0.136. The Labute approximate surface area is 145 Å². The fourth-order valence-electron chi connectivity index (χ4n) is 3.57. The molecule has 23 heavy (non-hydrogen) atoms. The SMILES string of the molecule is CC(NC(=O)CC1(C(=O)NC(C)C2CC2)CCNC1)C1CC1.Cl. The number of carbonyl (C=O) groups excluding carboxylic acids is 2. The predicted octanol–water partition coefficient (Wildman–Crippen LogP) is 1.61. The van der Waals surface area contributed by atoms with Crippen molar-refractivity contribution < 1.29 is 9.59 Å². The van der Waals surface area contributed by atoms with Crippen LogP contribution in [0.3, 0.4) is 0 Å². The lowest BCUT2D eigenvalue weighted by Crippen LogP contribution is -2.49. The third-order valence-electron chi connectivity index (χ3n) is 5.63. The molecule has 6 heteroatoms. The van der Waals surface area contributed by atoms with Gasteiger partial charge in [-0.15, -0.1) is 12.4 Å². The van der Waals surface area contributed by atoms with E-state index in [2.05, 4.69) is 29.8 Å². The summed E-state index contributed by atoms with van der Waals surface area (Å²) in [5, 5.41) is 9.51. The third kappa shape index (κ3) is 4.60. The Balaban J connectivity index is 0.00000192. The molecule has 3 atom stereocenters. The van der Waals surface area contributed by atoms with Gasteiger partial charge in [-0.05, 0) is 64.3 Å². The lowest BCUT2D eigenvalue weighted by Gasteiger charge is -2.29. The van der Waals surface area contributed by atoms with Crippen LogP contribution < -0.4 is 16.0 Å². The standard InChI is InChI=1S/C17H29N3O2.ClH/c1-11(13-3-4-13)19-15(21)9-17(7-8-18-10-17)16(22)20-12(2)14-5-6-14;/h11-14,18H,3-10H2,1-2H3,(H,19,21)(H,20,22);1H. The van der Waals surface area contributed by atoms with Crippen LogP contribution >= 0.6 is 12.4 Å². The number of hydrogen-bond acceptors (Lipinski definition) is 3. The molecule has 1 aliphatic heterocycles. The molecule has 132 valence electrons. The molecule has 1 saturated heterocycles. The highest BCUT2D eigenvalue weighted by atomic mass is 35.5. The van der Waals surface area contributed by atoms with Crippen LogP contribution in [-0.2, 0) is 9.59 Å². The van der Waals surface area contributed by atoms with E-state index in [0.29, 0.717) is 24.8 Å². The Kier molecular flexibility index (Phi) is 5.95. The minimum atomic E-state index is -0.559. The van der Waals surface area contributed by atoms with Gasteiger partial charge in [0.2, 0.25) is 11.8 Å². The summed E-state index contributed by atoms with van der Waals surface area (Å²) in [5.41, 5.74) is -0.559. The highest BCUT2D eigenvalue weighted by Gasteiger charge is 2.44. The zero-order valence-corrected chi connectivity index (χ0v) is 15.0. The van der Waals surface area contributed by atoms with Gasteiger partial charge in [0, 0.05) is 25.0 Å². The zero-order chi connectivity index (χ0) is 15.7. The van der Waals surface area contributed by atoms with E-state index in [1.165, 1.54) is 25.7 Å². The van der Waals surface area contributed by atoms with E-state index in [0.717, 1.165) is 13.0 Å². The van der Waals surface area contributed by atoms with Gasteiger partial charge in [-0.3, -0.25) is 9.59 Å². The summed E-state index contributed by atoms with van der Waals surface area (Å²) in [6, 6.07) is 0.478. The largest absolute Gasteiger partial charge is 0.353 e. The number of halogens is 1. The smallest absolute Gasteiger partial charge is 0.228 e. The maximum absolute atomic E-state index is 12.7. The normalized spacial score (nSPS) is 29.3. The van der Waals surface area contributed by atoms with Gasteiger partial charge in [-0.25, -0.2) is 0 Å². The van der Waals surface area contributed by atoms with Gasteiger partial charge < -0.3 is 16.0 Å². The van der Waals surface area contributed by atoms with Crippen LogP contribution in [0.25, 0.3) is 0 Å². The summed E-state index contributed by atoms with van der Waals surface area (Å²) in [4.78, 5) is 25.1. The van der Waals surface area contributed by atoms with Gasteiger partial charge in [0.1, 0.15) is 0 Å². The van der Waals surface area contributed by atoms with E-state index >= 15 is 0 Å². The van der Waals surface area contributed by atoms with Crippen LogP contribution in [0, 0.1) is 17.3 Å². The molecule has 2 amide bonds. The Morgan fingerprint density at radius 3 is 2.13 bits per heavy atom. The average molecular weight is 344 g/mol. The second-order valence-electron chi connectivity index (χ2n) is 7.68. The van der Waals surface area contributed by atoms with Gasteiger partial charge in [0.05, 0.1) is 5.41 Å². The summed E-state index contributed by atoms with van der Waals surface area (Å²) < 4.78 is 0. The third-order valence-corrected chi connectivity index (χ3v) is 5.63. The molecule has 1 heterocycles. The molecular weight excluding hydrogens is 314 g/mol. The fourth-order valence-corrected chi connectivity index (χ4v) is 3.57. The Morgan fingerprint density at radius 1 is 1.09 bits per heavy atom. The maximum Gasteiger partial charge on any atom is 0.228 e. The van der Waals surface area contributed by atoms with E-state index in [-0.39, 0.29) is 36.3 Å². The number of hydrogen-bond donors (Lipinski definition) is 3. The Morgan fingerprint density at radius 2 is 1.65 bits per heavy atom. The van der Waals surface area contributed by atoms with Crippen molar-refractivity contribution in [2.75, 3.05) is 13.1 Å². The molecule has 0 spiro atoms. The van der Waals surface area contributed by atoms with Crippen molar-refractivity contribution in [3.8, 4) is 0 Å². The van der Waals surface area contributed by atoms with Crippen LogP contribution in [0.1, 0.15) is 52.4 Å². The van der Waals surface area contributed by atoms with E-state index in [1.54, 1.807) is 0 Å². The molecular formula is C17H30ClN3O2. The minimum absolute atomic E-state index is 0. The number of amides is 2. The molecule has 5 nitrogen and oxygen atoms in total. The fraction of sp³-hybridized carbons (Fsp3) is 0.882. The van der Waals surface area contributed by atoms with Gasteiger partial charge in [0.25, 0.3) is 0 Å². The highest BCUT2D eigenvalue weighted by molar-refractivity contribution is 5.89. The van der Waals surface area contributed by atoms with Crippen molar-refractivity contribution in [1.82, 2.24) is 16.0 Å². The molecule has 0 radical (unpaired) electrons. The molecule has 0 aromatic rings. The first-order valence-corrected chi connectivity index (χ1v) is 8.81. The van der Waals surface area contributed by atoms with Crippen molar-refractivity contribution in [2.45, 2.75) is 64.5 Å². The van der Waals surface area contributed by atoms with Crippen molar-refractivity contribution in [2.24, 2.45) is 17.3 Å². The van der Waals surface area contributed by atoms with E-state index in [4.69, 9.17) is 0 Å². The predicted molar refractivity (Wildman–Crippen MR) is 92.4 cm³/mol. The monoisotopic (exact) mass is 343 g/mol. The van der Waals surface area contributed by atoms with E-state index < -0.39 is 5.41 Å². The van der Waals surface area contributed by atoms with Crippen molar-refractivity contribution in [3.63, 3.8) is 0 Å². The Hall–Kier alpha value is -0.810. The van der Waals surface area contributed by atoms with Crippen molar-refractivity contribution in [1.29, 1.82) is 0 Å². The van der Waals surface area contributed by atoms with Gasteiger partial charge >= 0.3 is 0 Å². The number of carbonyl (C=O) groups is 2. The number of rotatable bonds is 7. The average Bonchev–Trinajstić information content (AvgIpc) is 3.36. The summed E-state index contributed by atoms with van der Waals surface area (Å²) in [6.07, 6.45) is 5.92. The molecule has 3 aliphatic rings. The molecule has 3 N–H and O–H groups in total. The quantitative estimate of drug-likeness (QED) is 0.657. The first-order valence-electron chi connectivity index (χ1n) is 8.81. The van der Waals surface area contributed by atoms with Gasteiger partial charge in [0.15, 0.2) is 0 Å². The summed E-state index contributed by atoms with van der Waals surface area (Å²) >= 11 is 0. The number of nitrogens with one attached hydrogen (secondary N) is 3. The van der Waals surface area contributed by atoms with E-state index in [1.807, 2.05) is 0 Å². The molecule has 0 aromatic carbocycles. The maximum atomic E-state index is 12.7. The van der Waals surface area contributed by atoms with Gasteiger partial charge in [-0.2, -0.15) is 0 Å². The molecule has 3 fully saturated rings. The molecule has 3 rings (SSSR count). The molecule has 0 aromatic heterocycles. The molecule has 3 unspecified atom stereocenters. The highest BCUT2D eigenvalue weighted by Crippen LogP contribution is 2.35. The lowest BCUT2D eigenvalue weighted by atomic mass is 9.81. The molecule has 2 aliphatic carbocycles. The van der Waals surface area contributed by atoms with Crippen molar-refractivity contribution >= 4 is 24.2 Å². The summed E-state index contributed by atoms with van der Waals surface area (Å²) in [7, 11) is 0. The molecule has 2 saturated carbocycles. The first-order chi connectivity index (χ1) is 10.5. The Bertz CT molecular complexity index is 443. The zero-order valence-electron chi connectivity index (χ0n) is 14.2. The second-order valence-corrected chi connectivity index (χ2v) is 7.68. The van der Waals surface area contributed by atoms with Crippen LogP contribution in [0.15, 0.2) is 0 Å². The van der Waals surface area contributed by atoms with Crippen LogP contribution in [0.4, 0.5) is 0 Å². The summed E-state index contributed by atoms with van der Waals surface area (Å²) in [5.74, 6) is 1.37. The topological polar surface area (TPSA) is 70.2 Å².